The van der Waals surface area contributed by atoms with Crippen LogP contribution in [0.15, 0.2) is 95.5 Å². The van der Waals surface area contributed by atoms with Crippen molar-refractivity contribution in [1.82, 2.24) is 5.32 Å². The van der Waals surface area contributed by atoms with E-state index in [1.54, 1.807) is 0 Å². The molecule has 1 aliphatic heterocycles. The van der Waals surface area contributed by atoms with Gasteiger partial charge < -0.3 is 5.32 Å². The molecule has 0 spiro atoms. The second-order valence-electron chi connectivity index (χ2n) is 8.09. The maximum atomic E-state index is 13.5. The van der Waals surface area contributed by atoms with Gasteiger partial charge in [-0.1, -0.05) is 90.1 Å². The van der Waals surface area contributed by atoms with Crippen LogP contribution in [0.5, 0.6) is 0 Å². The highest BCUT2D eigenvalue weighted by Crippen LogP contribution is 2.41. The van der Waals surface area contributed by atoms with Crippen molar-refractivity contribution in [2.75, 3.05) is 11.4 Å². The molecular weight excluding hydrogens is 442 g/mol. The van der Waals surface area contributed by atoms with Crippen molar-refractivity contribution in [2.24, 2.45) is 0 Å². The molecular formula is C28H25N3O2S. The SMILES string of the molecule is Cc1ccc(CC2S/C(=C(/C#N)C(=O)NCCc3ccccc3)N(c3ccccc3)C2=O)cc1. The highest BCUT2D eigenvalue weighted by atomic mass is 32.2. The number of hydrogen-bond acceptors (Lipinski definition) is 4. The number of nitrogens with one attached hydrogen (secondary N) is 1. The number of thioether (sulfide) groups is 1. The predicted molar refractivity (Wildman–Crippen MR) is 136 cm³/mol. The normalized spacial score (nSPS) is 16.8. The first-order valence-corrected chi connectivity index (χ1v) is 12.0. The molecule has 2 amide bonds. The van der Waals surface area contributed by atoms with Crippen LogP contribution < -0.4 is 10.2 Å². The van der Waals surface area contributed by atoms with Gasteiger partial charge in [-0.05, 0) is 43.0 Å². The van der Waals surface area contributed by atoms with Gasteiger partial charge in [0.25, 0.3) is 5.91 Å². The van der Waals surface area contributed by atoms with E-state index in [0.717, 1.165) is 16.7 Å². The Morgan fingerprint density at radius 3 is 2.26 bits per heavy atom. The standard InChI is InChI=1S/C28H25N3O2S/c1-20-12-14-22(15-13-20)18-25-27(33)31(23-10-6-3-7-11-23)28(34-25)24(19-29)26(32)30-17-16-21-8-4-2-5-9-21/h2-15,25H,16-18H2,1H3,(H,30,32)/b28-24-. The summed E-state index contributed by atoms with van der Waals surface area (Å²) >= 11 is 1.28. The summed E-state index contributed by atoms with van der Waals surface area (Å²) in [5, 5.41) is 12.7. The van der Waals surface area contributed by atoms with Gasteiger partial charge in [0.05, 0.1) is 5.25 Å². The third-order valence-electron chi connectivity index (χ3n) is 5.60. The molecule has 0 bridgehead atoms. The number of carbonyl (C=O) groups is 2. The summed E-state index contributed by atoms with van der Waals surface area (Å²) in [5.41, 5.74) is 3.90. The van der Waals surface area contributed by atoms with Crippen molar-refractivity contribution in [3.05, 3.63) is 112 Å². The first-order valence-electron chi connectivity index (χ1n) is 11.1. The van der Waals surface area contributed by atoms with E-state index in [2.05, 4.69) is 11.4 Å². The zero-order valence-electron chi connectivity index (χ0n) is 18.9. The van der Waals surface area contributed by atoms with Crippen molar-refractivity contribution in [2.45, 2.75) is 25.0 Å². The molecule has 0 radical (unpaired) electrons. The Labute approximate surface area is 204 Å². The zero-order chi connectivity index (χ0) is 23.9. The lowest BCUT2D eigenvalue weighted by Gasteiger charge is -2.18. The van der Waals surface area contributed by atoms with E-state index >= 15 is 0 Å². The van der Waals surface area contributed by atoms with Crippen LogP contribution in [0.1, 0.15) is 16.7 Å². The predicted octanol–water partition coefficient (Wildman–Crippen LogP) is 4.78. The number of aryl methyl sites for hydroxylation is 1. The number of carbonyl (C=O) groups excluding carboxylic acids is 2. The van der Waals surface area contributed by atoms with Gasteiger partial charge in [-0.15, -0.1) is 0 Å². The zero-order valence-corrected chi connectivity index (χ0v) is 19.7. The number of amides is 2. The molecule has 0 aliphatic carbocycles. The van der Waals surface area contributed by atoms with Gasteiger partial charge in [-0.2, -0.15) is 5.26 Å². The molecule has 34 heavy (non-hydrogen) atoms. The van der Waals surface area contributed by atoms with Crippen LogP contribution in [0.4, 0.5) is 5.69 Å². The molecule has 1 heterocycles. The minimum atomic E-state index is -0.467. The summed E-state index contributed by atoms with van der Waals surface area (Å²) in [6.07, 6.45) is 1.18. The van der Waals surface area contributed by atoms with Crippen LogP contribution in [-0.4, -0.2) is 23.6 Å². The fourth-order valence-corrected chi connectivity index (χ4v) is 5.10. The Hall–Kier alpha value is -3.82. The molecule has 5 nitrogen and oxygen atoms in total. The summed E-state index contributed by atoms with van der Waals surface area (Å²) < 4.78 is 0. The maximum Gasteiger partial charge on any atom is 0.264 e. The minimum absolute atomic E-state index is 0.0401. The van der Waals surface area contributed by atoms with Gasteiger partial charge in [0.1, 0.15) is 16.7 Å². The van der Waals surface area contributed by atoms with E-state index in [1.165, 1.54) is 16.7 Å². The maximum absolute atomic E-state index is 13.5. The van der Waals surface area contributed by atoms with E-state index in [-0.39, 0.29) is 11.5 Å². The molecule has 0 aromatic heterocycles. The van der Waals surface area contributed by atoms with Crippen LogP contribution in [0.3, 0.4) is 0 Å². The van der Waals surface area contributed by atoms with Crippen molar-refractivity contribution in [3.63, 3.8) is 0 Å². The van der Waals surface area contributed by atoms with Crippen molar-refractivity contribution < 1.29 is 9.59 Å². The average Bonchev–Trinajstić information content (AvgIpc) is 3.17. The van der Waals surface area contributed by atoms with Crippen molar-refractivity contribution >= 4 is 29.3 Å². The fourth-order valence-electron chi connectivity index (χ4n) is 3.79. The number of benzene rings is 3. The monoisotopic (exact) mass is 467 g/mol. The van der Waals surface area contributed by atoms with E-state index in [9.17, 15) is 14.9 Å². The summed E-state index contributed by atoms with van der Waals surface area (Å²) in [7, 11) is 0. The van der Waals surface area contributed by atoms with Gasteiger partial charge in [-0.25, -0.2) is 0 Å². The Morgan fingerprint density at radius 1 is 0.971 bits per heavy atom. The van der Waals surface area contributed by atoms with Gasteiger partial charge in [0.2, 0.25) is 5.91 Å². The molecule has 0 saturated carbocycles. The van der Waals surface area contributed by atoms with Crippen LogP contribution in [-0.2, 0) is 22.4 Å². The van der Waals surface area contributed by atoms with Gasteiger partial charge in [-0.3, -0.25) is 14.5 Å². The lowest BCUT2D eigenvalue weighted by atomic mass is 10.1. The average molecular weight is 468 g/mol. The number of para-hydroxylation sites is 1. The van der Waals surface area contributed by atoms with E-state index < -0.39 is 11.2 Å². The van der Waals surface area contributed by atoms with E-state index in [1.807, 2.05) is 91.9 Å². The number of anilines is 1. The van der Waals surface area contributed by atoms with Crippen molar-refractivity contribution in [1.29, 1.82) is 5.26 Å². The first-order chi connectivity index (χ1) is 16.6. The fraction of sp³-hybridized carbons (Fsp3) is 0.179. The molecule has 1 unspecified atom stereocenters. The van der Waals surface area contributed by atoms with Crippen LogP contribution >= 0.6 is 11.8 Å². The second-order valence-corrected chi connectivity index (χ2v) is 9.28. The van der Waals surface area contributed by atoms with Crippen LogP contribution in [0.25, 0.3) is 0 Å². The second kappa shape index (κ2) is 10.9. The number of rotatable bonds is 7. The molecule has 3 aromatic carbocycles. The number of nitriles is 1. The van der Waals surface area contributed by atoms with Crippen LogP contribution in [0.2, 0.25) is 0 Å². The number of hydrogen-bond donors (Lipinski definition) is 1. The lowest BCUT2D eigenvalue weighted by molar-refractivity contribution is -0.117. The van der Waals surface area contributed by atoms with E-state index in [4.69, 9.17) is 0 Å². The van der Waals surface area contributed by atoms with Gasteiger partial charge in [0, 0.05) is 12.2 Å². The number of nitrogens with zero attached hydrogens (tertiary/aromatic N) is 2. The molecule has 6 heteroatoms. The van der Waals surface area contributed by atoms with Crippen LogP contribution in [0, 0.1) is 18.3 Å². The highest BCUT2D eigenvalue weighted by molar-refractivity contribution is 8.05. The summed E-state index contributed by atoms with van der Waals surface area (Å²) in [4.78, 5) is 28.0. The third-order valence-corrected chi connectivity index (χ3v) is 6.87. The largest absolute Gasteiger partial charge is 0.351 e. The Morgan fingerprint density at radius 2 is 1.62 bits per heavy atom. The summed E-state index contributed by atoms with van der Waals surface area (Å²) in [5.74, 6) is -0.595. The molecule has 1 N–H and O–H groups in total. The molecule has 1 fully saturated rings. The summed E-state index contributed by atoms with van der Waals surface area (Å²) in [6.45, 7) is 2.42. The molecule has 1 aliphatic rings. The van der Waals surface area contributed by atoms with Gasteiger partial charge >= 0.3 is 0 Å². The molecule has 1 atom stereocenters. The highest BCUT2D eigenvalue weighted by Gasteiger charge is 2.40. The lowest BCUT2D eigenvalue weighted by Crippen LogP contribution is -2.32. The third kappa shape index (κ3) is 5.38. The Kier molecular flexibility index (Phi) is 7.46. The molecule has 1 saturated heterocycles. The minimum Gasteiger partial charge on any atom is -0.351 e. The smallest absolute Gasteiger partial charge is 0.264 e. The van der Waals surface area contributed by atoms with Crippen molar-refractivity contribution in [3.8, 4) is 6.07 Å². The topological polar surface area (TPSA) is 73.2 Å². The summed E-state index contributed by atoms with van der Waals surface area (Å²) in [6, 6.07) is 29.1. The Balaban J connectivity index is 1.59. The van der Waals surface area contributed by atoms with Gasteiger partial charge in [0.15, 0.2) is 0 Å². The van der Waals surface area contributed by atoms with E-state index in [0.29, 0.717) is 30.1 Å². The Bertz CT molecular complexity index is 1230. The molecule has 170 valence electrons. The first kappa shape index (κ1) is 23.3. The quantitative estimate of drug-likeness (QED) is 0.401. The molecule has 3 aromatic rings. The molecule has 4 rings (SSSR count).